The molecule has 1 aliphatic rings. The molecule has 1 amide bonds. The summed E-state index contributed by atoms with van der Waals surface area (Å²) in [5.41, 5.74) is 10.8. The summed E-state index contributed by atoms with van der Waals surface area (Å²) < 4.78 is 43.4. The van der Waals surface area contributed by atoms with Crippen LogP contribution in [-0.4, -0.2) is 53.7 Å². The number of carbonyl (C=O) groups is 1. The van der Waals surface area contributed by atoms with E-state index in [0.717, 1.165) is 28.3 Å². The zero-order valence-corrected chi connectivity index (χ0v) is 43.2. The first kappa shape index (κ1) is 57.6. The summed E-state index contributed by atoms with van der Waals surface area (Å²) in [5.74, 6) is 0.577. The van der Waals surface area contributed by atoms with Crippen molar-refractivity contribution in [2.75, 3.05) is 0 Å². The van der Waals surface area contributed by atoms with Gasteiger partial charge in [0.2, 0.25) is 5.90 Å². The number of rotatable bonds is 9. The SMILES string of the molecule is Cc1cccc(-c2nccc3ccc(C)cc23)c1.Cc1cccc(C(=O)NC(c2ccccc2)C(C)O)c1.Cc1cccc(C2=NC(c3ccccc3)C(C)O2)c1.O=[P+]([O-])P(=O)(O)O.O=[P+]([O-])P(=O)(O)O. The number of carbonyl (C=O) groups excluding carboxylic acids is 1. The van der Waals surface area contributed by atoms with Gasteiger partial charge in [0, 0.05) is 28.3 Å². The van der Waals surface area contributed by atoms with E-state index in [2.05, 4.69) is 111 Å². The minimum absolute atomic E-state index is 0.0814. The van der Waals surface area contributed by atoms with Crippen molar-refractivity contribution in [2.24, 2.45) is 4.99 Å². The third-order valence-corrected chi connectivity index (χ3v) is 13.7. The number of pyridine rings is 1. The third-order valence-electron chi connectivity index (χ3n) is 10.3. The molecule has 71 heavy (non-hydrogen) atoms. The highest BCUT2D eigenvalue weighted by Gasteiger charge is 2.31. The molecular weight excluding hydrogens is 986 g/mol. The van der Waals surface area contributed by atoms with Crippen molar-refractivity contribution in [3.8, 4) is 11.3 Å². The lowest BCUT2D eigenvalue weighted by atomic mass is 10.0. The number of nitrogens with one attached hydrogen (secondary N) is 1. The minimum atomic E-state index is -4.78. The maximum Gasteiger partial charge on any atom is 0.561 e. The molecular formula is C51H55N3O13P4. The summed E-state index contributed by atoms with van der Waals surface area (Å²) >= 11 is 0. The van der Waals surface area contributed by atoms with E-state index in [1.165, 1.54) is 38.6 Å². The number of fused-ring (bicyclic) bond motifs is 1. The second-order valence-electron chi connectivity index (χ2n) is 16.2. The number of hydrogen-bond acceptors (Lipinski definition) is 11. The highest BCUT2D eigenvalue weighted by atomic mass is 32.1. The molecule has 1 aliphatic heterocycles. The Kier molecular flexibility index (Phi) is 21.9. The second-order valence-corrected chi connectivity index (χ2v) is 24.3. The fourth-order valence-corrected chi connectivity index (χ4v) is 6.88. The van der Waals surface area contributed by atoms with E-state index in [-0.39, 0.29) is 18.1 Å². The van der Waals surface area contributed by atoms with Crippen LogP contribution in [0.2, 0.25) is 0 Å². The van der Waals surface area contributed by atoms with Crippen molar-refractivity contribution in [1.29, 1.82) is 0 Å². The second kappa shape index (κ2) is 27.0. The molecule has 7 aromatic rings. The Morgan fingerprint density at radius 3 is 1.68 bits per heavy atom. The summed E-state index contributed by atoms with van der Waals surface area (Å²) in [7, 11) is -16.7. The minimum Gasteiger partial charge on any atom is -0.588 e. The molecule has 0 aliphatic carbocycles. The summed E-state index contributed by atoms with van der Waals surface area (Å²) in [6, 6.07) is 52.2. The predicted molar refractivity (Wildman–Crippen MR) is 273 cm³/mol. The fourth-order valence-electron chi connectivity index (χ4n) is 6.88. The highest BCUT2D eigenvalue weighted by Crippen LogP contribution is 2.57. The number of amides is 1. The van der Waals surface area contributed by atoms with Gasteiger partial charge in [-0.1, -0.05) is 147 Å². The Hall–Kier alpha value is -5.95. The Bertz CT molecular complexity index is 3010. The lowest BCUT2D eigenvalue weighted by molar-refractivity contribution is -0.160. The van der Waals surface area contributed by atoms with Gasteiger partial charge < -0.3 is 24.9 Å². The van der Waals surface area contributed by atoms with E-state index in [0.29, 0.717) is 5.56 Å². The topological polar surface area (TPSA) is 279 Å². The molecule has 0 radical (unpaired) electrons. The van der Waals surface area contributed by atoms with Crippen LogP contribution in [-0.2, 0) is 23.0 Å². The van der Waals surface area contributed by atoms with Crippen LogP contribution in [0.3, 0.4) is 0 Å². The zero-order valence-electron chi connectivity index (χ0n) is 39.6. The predicted octanol–water partition coefficient (Wildman–Crippen LogP) is 9.63. The number of benzene rings is 6. The largest absolute Gasteiger partial charge is 0.588 e. The summed E-state index contributed by atoms with van der Waals surface area (Å²) in [6.45, 7) is 12.0. The van der Waals surface area contributed by atoms with Gasteiger partial charge in [0.25, 0.3) is 5.91 Å². The Labute approximate surface area is 414 Å². The van der Waals surface area contributed by atoms with Crippen LogP contribution in [0.4, 0.5) is 0 Å². The van der Waals surface area contributed by atoms with Crippen LogP contribution in [0.1, 0.15) is 75.2 Å². The van der Waals surface area contributed by atoms with Crippen LogP contribution < -0.4 is 15.1 Å². The Balaban J connectivity index is 0.000000204. The van der Waals surface area contributed by atoms with E-state index < -0.39 is 42.1 Å². The zero-order chi connectivity index (χ0) is 52.5. The van der Waals surface area contributed by atoms with Crippen molar-refractivity contribution in [3.05, 3.63) is 208 Å². The average Bonchev–Trinajstić information content (AvgIpc) is 3.72. The van der Waals surface area contributed by atoms with Crippen molar-refractivity contribution < 1.29 is 62.3 Å². The average molecular weight is 1040 g/mol. The first-order chi connectivity index (χ1) is 33.4. The van der Waals surface area contributed by atoms with Crippen LogP contribution in [0.5, 0.6) is 0 Å². The smallest absolute Gasteiger partial charge is 0.561 e. The standard InChI is InChI=1S/C17H19NO2.C17H17NO.C17H15N.2H2O5P2/c1-12-7-6-10-15(11-12)17(20)18-16(13(2)19)14-8-4-3-5-9-14;1-12-7-6-10-15(11-12)17-18-16(13(2)19-17)14-8-4-3-5-9-14;1-12-4-3-5-15(10-12)17-16-11-13(2)6-7-14(16)8-9-18-17;2*1-6(2)7(3,4)5/h3-11,13,16,19H,1-2H3,(H,18,20);3-11,13,16H,1-2H3;3-11H,1-2H3;2*(H2,3,4,5). The molecule has 0 bridgehead atoms. The van der Waals surface area contributed by atoms with Gasteiger partial charge in [-0.3, -0.25) is 29.4 Å². The molecule has 6 N–H and O–H groups in total. The number of nitrogens with zero attached hydrogens (tertiary/aromatic N) is 2. The van der Waals surface area contributed by atoms with Crippen molar-refractivity contribution in [1.82, 2.24) is 10.3 Å². The van der Waals surface area contributed by atoms with Gasteiger partial charge in [-0.15, -0.1) is 0 Å². The van der Waals surface area contributed by atoms with E-state index in [1.807, 2.05) is 92.0 Å². The molecule has 0 saturated carbocycles. The van der Waals surface area contributed by atoms with Gasteiger partial charge in [0.05, 0.1) is 17.8 Å². The van der Waals surface area contributed by atoms with Crippen LogP contribution in [0.15, 0.2) is 169 Å². The van der Waals surface area contributed by atoms with Crippen LogP contribution in [0.25, 0.3) is 22.0 Å². The number of aliphatic hydroxyl groups excluding tert-OH is 1. The monoisotopic (exact) mass is 1040 g/mol. The summed E-state index contributed by atoms with van der Waals surface area (Å²) in [6.07, 6.45) is 1.30. The van der Waals surface area contributed by atoms with Gasteiger partial charge in [0.1, 0.15) is 12.1 Å². The van der Waals surface area contributed by atoms with Gasteiger partial charge in [-0.25, -0.2) is 14.1 Å². The molecule has 6 atom stereocenters. The highest BCUT2D eigenvalue weighted by molar-refractivity contribution is 8.19. The van der Waals surface area contributed by atoms with E-state index >= 15 is 0 Å². The molecule has 372 valence electrons. The Morgan fingerprint density at radius 1 is 0.662 bits per heavy atom. The number of ether oxygens (including phenoxy) is 1. The van der Waals surface area contributed by atoms with Crippen molar-refractivity contribution in [2.45, 2.75) is 65.8 Å². The van der Waals surface area contributed by atoms with E-state index in [4.69, 9.17) is 29.3 Å². The fraction of sp³-hybridized carbons (Fsp3) is 0.196. The Morgan fingerprint density at radius 2 is 1.15 bits per heavy atom. The normalized spacial score (nSPS) is 15.1. The summed E-state index contributed by atoms with van der Waals surface area (Å²) in [5, 5.41) is 15.3. The van der Waals surface area contributed by atoms with Crippen molar-refractivity contribution >= 4 is 52.6 Å². The molecule has 6 unspecified atom stereocenters. The first-order valence-electron chi connectivity index (χ1n) is 21.7. The molecule has 0 spiro atoms. The van der Waals surface area contributed by atoms with Gasteiger partial charge in [-0.05, 0) is 101 Å². The molecule has 16 nitrogen and oxygen atoms in total. The summed E-state index contributed by atoms with van der Waals surface area (Å²) in [4.78, 5) is 70.6. The molecule has 0 saturated heterocycles. The third kappa shape index (κ3) is 18.6. The molecule has 6 aromatic carbocycles. The van der Waals surface area contributed by atoms with E-state index in [9.17, 15) is 37.9 Å². The quantitative estimate of drug-likeness (QED) is 0.0735. The number of aliphatic hydroxyl groups is 1. The van der Waals surface area contributed by atoms with Gasteiger partial charge in [0.15, 0.2) is 0 Å². The molecule has 20 heteroatoms. The lowest BCUT2D eigenvalue weighted by Gasteiger charge is -2.22. The van der Waals surface area contributed by atoms with Crippen LogP contribution in [0, 0.1) is 27.7 Å². The molecule has 2 heterocycles. The van der Waals surface area contributed by atoms with Gasteiger partial charge in [-0.2, -0.15) is 0 Å². The van der Waals surface area contributed by atoms with Gasteiger partial charge >= 0.3 is 30.0 Å². The number of aliphatic imine (C=N–C) groups is 1. The van der Waals surface area contributed by atoms with E-state index in [1.54, 1.807) is 13.0 Å². The number of aromatic nitrogens is 1. The maximum absolute atomic E-state index is 12.3. The van der Waals surface area contributed by atoms with Crippen LogP contribution >= 0.6 is 30.0 Å². The molecule has 1 aromatic heterocycles. The first-order valence-corrected chi connectivity index (χ1v) is 28.7. The lowest BCUT2D eigenvalue weighted by Crippen LogP contribution is -2.35. The molecule has 0 fully saturated rings. The number of aryl methyl sites for hydroxylation is 4. The maximum atomic E-state index is 12.3. The molecule has 8 rings (SSSR count). The number of hydrogen-bond donors (Lipinski definition) is 6. The van der Waals surface area contributed by atoms with Crippen molar-refractivity contribution in [3.63, 3.8) is 0 Å².